The van der Waals surface area contributed by atoms with Crippen LogP contribution in [0.3, 0.4) is 0 Å². The second-order valence-corrected chi connectivity index (χ2v) is 8.64. The standard InChI is InChI=1S/C22H24FN3O3S/c1-3-16-6-4-5-10-24(16)19(27)13-25-18-9-11-30-20(18)21(28)26(22(25)29)17-8-7-15(23)12-14(17)2/h7-9,11-12,16H,3-6,10,13H2,1-2H3/t16-/m1/s1. The van der Waals surface area contributed by atoms with Crippen molar-refractivity contribution in [3.8, 4) is 5.69 Å². The van der Waals surface area contributed by atoms with E-state index in [9.17, 15) is 18.8 Å². The number of carbonyl (C=O) groups is 1. The van der Waals surface area contributed by atoms with Gasteiger partial charge >= 0.3 is 5.69 Å². The molecule has 0 aliphatic carbocycles. The zero-order valence-electron chi connectivity index (χ0n) is 17.1. The lowest BCUT2D eigenvalue weighted by molar-refractivity contribution is -0.135. The van der Waals surface area contributed by atoms with Crippen LogP contribution in [0.25, 0.3) is 15.9 Å². The molecule has 0 spiro atoms. The maximum absolute atomic E-state index is 13.6. The van der Waals surface area contributed by atoms with E-state index in [1.165, 1.54) is 34.1 Å². The predicted molar refractivity (Wildman–Crippen MR) is 116 cm³/mol. The molecule has 0 radical (unpaired) electrons. The number of rotatable bonds is 4. The molecule has 1 aromatic carbocycles. The highest BCUT2D eigenvalue weighted by atomic mass is 32.1. The molecule has 0 unspecified atom stereocenters. The van der Waals surface area contributed by atoms with Crippen molar-refractivity contribution in [1.82, 2.24) is 14.0 Å². The van der Waals surface area contributed by atoms with Crippen molar-refractivity contribution in [2.24, 2.45) is 0 Å². The van der Waals surface area contributed by atoms with Crippen LogP contribution in [0, 0.1) is 12.7 Å². The number of carbonyl (C=O) groups excluding carboxylic acids is 1. The number of fused-ring (bicyclic) bond motifs is 1. The number of aromatic nitrogens is 2. The maximum atomic E-state index is 13.6. The summed E-state index contributed by atoms with van der Waals surface area (Å²) >= 11 is 1.23. The van der Waals surface area contributed by atoms with Gasteiger partial charge in [0.25, 0.3) is 5.56 Å². The van der Waals surface area contributed by atoms with Gasteiger partial charge in [0.1, 0.15) is 17.1 Å². The van der Waals surface area contributed by atoms with Gasteiger partial charge in [-0.15, -0.1) is 11.3 Å². The monoisotopic (exact) mass is 429 g/mol. The molecule has 1 amide bonds. The average molecular weight is 430 g/mol. The number of benzene rings is 1. The van der Waals surface area contributed by atoms with Crippen LogP contribution in [0.2, 0.25) is 0 Å². The van der Waals surface area contributed by atoms with Gasteiger partial charge in [-0.3, -0.25) is 14.2 Å². The second kappa shape index (κ2) is 8.18. The molecule has 0 N–H and O–H groups in total. The number of halogens is 1. The molecular formula is C22H24FN3O3S. The van der Waals surface area contributed by atoms with E-state index >= 15 is 0 Å². The van der Waals surface area contributed by atoms with Gasteiger partial charge in [-0.05, 0) is 67.8 Å². The first-order valence-corrected chi connectivity index (χ1v) is 11.1. The lowest BCUT2D eigenvalue weighted by Crippen LogP contribution is -2.47. The zero-order valence-corrected chi connectivity index (χ0v) is 17.9. The van der Waals surface area contributed by atoms with Gasteiger partial charge in [0, 0.05) is 12.6 Å². The highest BCUT2D eigenvalue weighted by molar-refractivity contribution is 7.17. The number of piperidine rings is 1. The molecule has 1 saturated heterocycles. The Labute approximate surface area is 177 Å². The molecule has 6 nitrogen and oxygen atoms in total. The van der Waals surface area contributed by atoms with E-state index < -0.39 is 17.1 Å². The molecule has 158 valence electrons. The van der Waals surface area contributed by atoms with Crippen molar-refractivity contribution in [2.45, 2.75) is 52.1 Å². The molecule has 0 bridgehead atoms. The van der Waals surface area contributed by atoms with Gasteiger partial charge in [-0.2, -0.15) is 0 Å². The third-order valence-electron chi connectivity index (χ3n) is 5.87. The first-order valence-electron chi connectivity index (χ1n) is 10.2. The third-order valence-corrected chi connectivity index (χ3v) is 6.76. The molecule has 8 heteroatoms. The molecule has 4 rings (SSSR count). The molecule has 1 aliphatic heterocycles. The number of hydrogen-bond donors (Lipinski definition) is 0. The van der Waals surface area contributed by atoms with Gasteiger partial charge in [0.05, 0.1) is 11.2 Å². The highest BCUT2D eigenvalue weighted by Crippen LogP contribution is 2.22. The smallest absolute Gasteiger partial charge is 0.336 e. The van der Waals surface area contributed by atoms with E-state index in [-0.39, 0.29) is 18.5 Å². The van der Waals surface area contributed by atoms with Crippen LogP contribution in [0.15, 0.2) is 39.2 Å². The Hall–Kier alpha value is -2.74. The minimum absolute atomic E-state index is 0.114. The van der Waals surface area contributed by atoms with Crippen molar-refractivity contribution in [2.75, 3.05) is 6.54 Å². The summed E-state index contributed by atoms with van der Waals surface area (Å²) in [5, 5.41) is 1.74. The molecule has 2 aromatic heterocycles. The normalized spacial score (nSPS) is 16.9. The number of hydrogen-bond acceptors (Lipinski definition) is 4. The molecule has 1 atom stereocenters. The van der Waals surface area contributed by atoms with Crippen molar-refractivity contribution < 1.29 is 9.18 Å². The van der Waals surface area contributed by atoms with Crippen molar-refractivity contribution in [1.29, 1.82) is 0 Å². The molecule has 1 fully saturated rings. The zero-order chi connectivity index (χ0) is 21.4. The van der Waals surface area contributed by atoms with Crippen LogP contribution >= 0.6 is 11.3 Å². The highest BCUT2D eigenvalue weighted by Gasteiger charge is 2.27. The Morgan fingerprint density at radius 3 is 2.77 bits per heavy atom. The van der Waals surface area contributed by atoms with Gasteiger partial charge in [-0.1, -0.05) is 6.92 Å². The number of likely N-dealkylation sites (tertiary alicyclic amines) is 1. The van der Waals surface area contributed by atoms with Gasteiger partial charge in [0.15, 0.2) is 0 Å². The van der Waals surface area contributed by atoms with Gasteiger partial charge in [-0.25, -0.2) is 13.8 Å². The summed E-state index contributed by atoms with van der Waals surface area (Å²) < 4.78 is 16.4. The molecule has 1 aliphatic rings. The summed E-state index contributed by atoms with van der Waals surface area (Å²) in [4.78, 5) is 41.4. The van der Waals surface area contributed by atoms with Crippen LogP contribution < -0.4 is 11.2 Å². The topological polar surface area (TPSA) is 64.3 Å². The average Bonchev–Trinajstić information content (AvgIpc) is 3.22. The summed E-state index contributed by atoms with van der Waals surface area (Å²) in [7, 11) is 0. The van der Waals surface area contributed by atoms with E-state index in [1.54, 1.807) is 18.4 Å². The first kappa shape index (κ1) is 20.5. The molecular weight excluding hydrogens is 405 g/mol. The Morgan fingerprint density at radius 2 is 2.03 bits per heavy atom. The molecule has 3 heterocycles. The lowest BCUT2D eigenvalue weighted by Gasteiger charge is -2.35. The minimum atomic E-state index is -0.584. The van der Waals surface area contributed by atoms with Crippen LogP contribution in [-0.4, -0.2) is 32.5 Å². The Kier molecular flexibility index (Phi) is 5.60. The fourth-order valence-corrected chi connectivity index (χ4v) is 5.13. The van der Waals surface area contributed by atoms with Crippen LogP contribution in [0.1, 0.15) is 38.2 Å². The Bertz CT molecular complexity index is 1230. The summed E-state index contributed by atoms with van der Waals surface area (Å²) in [5.74, 6) is -0.551. The van der Waals surface area contributed by atoms with E-state index in [4.69, 9.17) is 0 Å². The molecule has 30 heavy (non-hydrogen) atoms. The summed E-state index contributed by atoms with van der Waals surface area (Å²) in [6, 6.07) is 5.82. The largest absolute Gasteiger partial charge is 0.338 e. The summed E-state index contributed by atoms with van der Waals surface area (Å²) in [5.41, 5.74) is 0.230. The second-order valence-electron chi connectivity index (χ2n) is 7.72. The van der Waals surface area contributed by atoms with Crippen LogP contribution in [0.4, 0.5) is 4.39 Å². The molecule has 3 aromatic rings. The number of aryl methyl sites for hydroxylation is 1. The molecule has 0 saturated carbocycles. The third kappa shape index (κ3) is 3.49. The van der Waals surface area contributed by atoms with Crippen LogP contribution in [-0.2, 0) is 11.3 Å². The van der Waals surface area contributed by atoms with E-state index in [0.29, 0.717) is 28.0 Å². The predicted octanol–water partition coefficient (Wildman–Crippen LogP) is 3.45. The van der Waals surface area contributed by atoms with E-state index in [1.807, 2.05) is 4.90 Å². The SMILES string of the molecule is CC[C@@H]1CCCCN1C(=O)Cn1c(=O)n(-c2ccc(F)cc2C)c(=O)c2sccc21. The van der Waals surface area contributed by atoms with Gasteiger partial charge < -0.3 is 4.90 Å². The fourth-order valence-electron chi connectivity index (χ4n) is 4.30. The lowest BCUT2D eigenvalue weighted by atomic mass is 10.00. The maximum Gasteiger partial charge on any atom is 0.336 e. The number of nitrogens with zero attached hydrogens (tertiary/aromatic N) is 3. The first-order chi connectivity index (χ1) is 14.4. The van der Waals surface area contributed by atoms with Crippen molar-refractivity contribution in [3.05, 3.63) is 61.9 Å². The van der Waals surface area contributed by atoms with Crippen LogP contribution in [0.5, 0.6) is 0 Å². The van der Waals surface area contributed by atoms with E-state index in [2.05, 4.69) is 6.92 Å². The summed E-state index contributed by atoms with van der Waals surface area (Å²) in [6.45, 7) is 4.29. The summed E-state index contributed by atoms with van der Waals surface area (Å²) in [6.07, 6.45) is 3.91. The number of amides is 1. The quantitative estimate of drug-likeness (QED) is 0.638. The van der Waals surface area contributed by atoms with E-state index in [0.717, 1.165) is 30.3 Å². The van der Waals surface area contributed by atoms with Crippen molar-refractivity contribution >= 4 is 27.5 Å². The fraction of sp³-hybridized carbons (Fsp3) is 0.409. The minimum Gasteiger partial charge on any atom is -0.338 e. The van der Waals surface area contributed by atoms with Crippen molar-refractivity contribution in [3.63, 3.8) is 0 Å². The Balaban J connectivity index is 1.84. The number of thiophene rings is 1. The van der Waals surface area contributed by atoms with Gasteiger partial charge in [0.2, 0.25) is 5.91 Å². The Morgan fingerprint density at radius 1 is 1.23 bits per heavy atom.